The number of likely N-dealkylation sites (tertiary alicyclic amines) is 1. The maximum Gasteiger partial charge on any atom is 0.393 e. The first-order valence-corrected chi connectivity index (χ1v) is 6.65. The van der Waals surface area contributed by atoms with Gasteiger partial charge in [0, 0.05) is 19.6 Å². The molecule has 2 fully saturated rings. The van der Waals surface area contributed by atoms with Crippen LogP contribution in [0.1, 0.15) is 25.7 Å². The average Bonchev–Trinajstić information content (AvgIpc) is 2.38. The fourth-order valence-electron chi connectivity index (χ4n) is 2.65. The summed E-state index contributed by atoms with van der Waals surface area (Å²) in [6.07, 6.45) is -3.23. The van der Waals surface area contributed by atoms with Crippen LogP contribution in [0.15, 0.2) is 0 Å². The van der Waals surface area contributed by atoms with E-state index in [4.69, 9.17) is 0 Å². The smallest absolute Gasteiger partial charge is 0.393 e. The maximum atomic E-state index is 12.5. The summed E-state index contributed by atoms with van der Waals surface area (Å²) in [5.41, 5.74) is 0. The largest absolute Gasteiger partial charge is 0.393 e. The molecule has 0 spiro atoms. The molecule has 1 amide bonds. The zero-order valence-electron chi connectivity index (χ0n) is 10.6. The summed E-state index contributed by atoms with van der Waals surface area (Å²) in [7, 11) is 0. The molecule has 2 aliphatic heterocycles. The summed E-state index contributed by atoms with van der Waals surface area (Å²) in [6, 6.07) is -0.506. The molecule has 2 heterocycles. The zero-order valence-corrected chi connectivity index (χ0v) is 10.6. The normalized spacial score (nSPS) is 30.4. The van der Waals surface area contributed by atoms with Crippen molar-refractivity contribution in [1.82, 2.24) is 10.2 Å². The van der Waals surface area contributed by atoms with Gasteiger partial charge in [0.2, 0.25) is 5.91 Å². The third-order valence-corrected chi connectivity index (χ3v) is 3.95. The van der Waals surface area contributed by atoms with Gasteiger partial charge in [-0.3, -0.25) is 4.79 Å². The number of hydrogen-bond donors (Lipinski definition) is 2. The van der Waals surface area contributed by atoms with E-state index in [9.17, 15) is 23.1 Å². The van der Waals surface area contributed by atoms with Gasteiger partial charge >= 0.3 is 6.18 Å². The van der Waals surface area contributed by atoms with E-state index < -0.39 is 18.1 Å². The predicted octanol–water partition coefficient (Wildman–Crippen LogP) is 0.900. The third kappa shape index (κ3) is 3.60. The molecule has 2 rings (SSSR count). The Balaban J connectivity index is 1.82. The molecule has 0 bridgehead atoms. The number of aliphatic hydroxyl groups excluding tert-OH is 1. The second-order valence-electron chi connectivity index (χ2n) is 5.33. The van der Waals surface area contributed by atoms with Gasteiger partial charge in [0.15, 0.2) is 0 Å². The van der Waals surface area contributed by atoms with Crippen molar-refractivity contribution in [3.8, 4) is 0 Å². The molecule has 0 radical (unpaired) electrons. The lowest BCUT2D eigenvalue weighted by Crippen LogP contribution is -2.54. The predicted molar refractivity (Wildman–Crippen MR) is 62.4 cm³/mol. The molecule has 110 valence electrons. The van der Waals surface area contributed by atoms with Gasteiger partial charge in [-0.15, -0.1) is 0 Å². The van der Waals surface area contributed by atoms with Crippen LogP contribution in [0.5, 0.6) is 0 Å². The number of amides is 1. The van der Waals surface area contributed by atoms with Crippen molar-refractivity contribution in [3.05, 3.63) is 0 Å². The van der Waals surface area contributed by atoms with Gasteiger partial charge in [-0.25, -0.2) is 0 Å². The maximum absolute atomic E-state index is 12.5. The van der Waals surface area contributed by atoms with Gasteiger partial charge in [0.25, 0.3) is 0 Å². The minimum Gasteiger partial charge on any atom is -0.393 e. The molecule has 0 aliphatic carbocycles. The molecule has 0 aromatic rings. The molecular weight excluding hydrogens is 261 g/mol. The van der Waals surface area contributed by atoms with Crippen molar-refractivity contribution in [1.29, 1.82) is 0 Å². The van der Waals surface area contributed by atoms with Gasteiger partial charge < -0.3 is 15.3 Å². The molecule has 2 atom stereocenters. The first-order chi connectivity index (χ1) is 8.88. The van der Waals surface area contributed by atoms with Crippen molar-refractivity contribution in [3.63, 3.8) is 0 Å². The van der Waals surface area contributed by atoms with E-state index in [0.717, 1.165) is 0 Å². The van der Waals surface area contributed by atoms with E-state index in [1.165, 1.54) is 0 Å². The number of halogens is 3. The molecule has 2 N–H and O–H groups in total. The number of piperidine rings is 2. The van der Waals surface area contributed by atoms with Crippen LogP contribution in [0.2, 0.25) is 0 Å². The average molecular weight is 280 g/mol. The van der Waals surface area contributed by atoms with Crippen molar-refractivity contribution in [2.24, 2.45) is 5.92 Å². The second-order valence-corrected chi connectivity index (χ2v) is 5.33. The molecule has 0 aromatic carbocycles. The Morgan fingerprint density at radius 2 is 1.79 bits per heavy atom. The Labute approximate surface area is 110 Å². The third-order valence-electron chi connectivity index (χ3n) is 3.95. The van der Waals surface area contributed by atoms with Crippen molar-refractivity contribution < 1.29 is 23.1 Å². The van der Waals surface area contributed by atoms with Crippen LogP contribution < -0.4 is 5.32 Å². The molecule has 0 saturated carbocycles. The topological polar surface area (TPSA) is 52.6 Å². The van der Waals surface area contributed by atoms with Crippen molar-refractivity contribution >= 4 is 5.91 Å². The second kappa shape index (κ2) is 5.66. The number of carbonyl (C=O) groups is 1. The van der Waals surface area contributed by atoms with E-state index in [2.05, 4.69) is 5.32 Å². The highest BCUT2D eigenvalue weighted by Gasteiger charge is 2.43. The van der Waals surface area contributed by atoms with Crippen molar-refractivity contribution in [2.45, 2.75) is 44.0 Å². The zero-order chi connectivity index (χ0) is 14.0. The minimum absolute atomic E-state index is 0.00334. The van der Waals surface area contributed by atoms with Crippen LogP contribution in [0.3, 0.4) is 0 Å². The number of aliphatic hydroxyl groups is 1. The highest BCUT2D eigenvalue weighted by atomic mass is 19.4. The first kappa shape index (κ1) is 14.6. The number of nitrogens with one attached hydrogen (secondary N) is 1. The van der Waals surface area contributed by atoms with Crippen molar-refractivity contribution in [2.75, 3.05) is 19.6 Å². The van der Waals surface area contributed by atoms with Crippen LogP contribution in [-0.2, 0) is 4.79 Å². The van der Waals surface area contributed by atoms with Gasteiger partial charge in [0.1, 0.15) is 0 Å². The Morgan fingerprint density at radius 1 is 1.16 bits per heavy atom. The number of carbonyl (C=O) groups excluding carboxylic acids is 1. The van der Waals surface area contributed by atoms with Crippen LogP contribution in [-0.4, -0.2) is 53.9 Å². The highest BCUT2D eigenvalue weighted by Crippen LogP contribution is 2.32. The Hall–Kier alpha value is -0.820. The van der Waals surface area contributed by atoms with E-state index in [1.54, 1.807) is 4.90 Å². The molecule has 2 unspecified atom stereocenters. The minimum atomic E-state index is -4.18. The van der Waals surface area contributed by atoms with Gasteiger partial charge in [-0.05, 0) is 25.7 Å². The molecule has 19 heavy (non-hydrogen) atoms. The van der Waals surface area contributed by atoms with Crippen LogP contribution >= 0.6 is 0 Å². The quantitative estimate of drug-likeness (QED) is 0.750. The fraction of sp³-hybridized carbons (Fsp3) is 0.917. The monoisotopic (exact) mass is 280 g/mol. The molecule has 2 aliphatic rings. The Bertz CT molecular complexity index is 319. The lowest BCUT2D eigenvalue weighted by atomic mass is 9.93. The van der Waals surface area contributed by atoms with E-state index in [0.29, 0.717) is 25.9 Å². The summed E-state index contributed by atoms with van der Waals surface area (Å²) in [5.74, 6) is -1.48. The van der Waals surface area contributed by atoms with Gasteiger partial charge in [-0.2, -0.15) is 13.2 Å². The standard InChI is InChI=1S/C12H19F3N2O2/c13-12(14,15)8-1-2-10(16-7-8)11(19)17-5-3-9(18)4-6-17/h8-10,16,18H,1-7H2. The van der Waals surface area contributed by atoms with E-state index in [1.807, 2.05) is 0 Å². The van der Waals surface area contributed by atoms with Crippen LogP contribution in [0.25, 0.3) is 0 Å². The number of rotatable bonds is 1. The lowest BCUT2D eigenvalue weighted by molar-refractivity contribution is -0.181. The summed E-state index contributed by atoms with van der Waals surface area (Å²) < 4.78 is 37.5. The summed E-state index contributed by atoms with van der Waals surface area (Å²) in [4.78, 5) is 13.8. The highest BCUT2D eigenvalue weighted by molar-refractivity contribution is 5.82. The Kier molecular flexibility index (Phi) is 4.35. The summed E-state index contributed by atoms with van der Waals surface area (Å²) in [5, 5.41) is 12.1. The molecule has 0 aromatic heterocycles. The first-order valence-electron chi connectivity index (χ1n) is 6.65. The van der Waals surface area contributed by atoms with E-state index in [-0.39, 0.29) is 31.4 Å². The summed E-state index contributed by atoms with van der Waals surface area (Å²) in [6.45, 7) is 0.790. The van der Waals surface area contributed by atoms with Gasteiger partial charge in [-0.1, -0.05) is 0 Å². The SMILES string of the molecule is O=C(C1CCC(C(F)(F)F)CN1)N1CCC(O)CC1. The van der Waals surface area contributed by atoms with Gasteiger partial charge in [0.05, 0.1) is 18.1 Å². The van der Waals surface area contributed by atoms with E-state index >= 15 is 0 Å². The molecular formula is C12H19F3N2O2. The molecule has 4 nitrogen and oxygen atoms in total. The van der Waals surface area contributed by atoms with Crippen LogP contribution in [0.4, 0.5) is 13.2 Å². The summed E-state index contributed by atoms with van der Waals surface area (Å²) >= 11 is 0. The number of alkyl halides is 3. The lowest BCUT2D eigenvalue weighted by Gasteiger charge is -2.36. The Morgan fingerprint density at radius 3 is 2.26 bits per heavy atom. The fourth-order valence-corrected chi connectivity index (χ4v) is 2.65. The van der Waals surface area contributed by atoms with Crippen LogP contribution in [0, 0.1) is 5.92 Å². The number of nitrogens with zero attached hydrogens (tertiary/aromatic N) is 1. The number of hydrogen-bond acceptors (Lipinski definition) is 3. The molecule has 7 heteroatoms. The molecule has 2 saturated heterocycles.